The van der Waals surface area contributed by atoms with Crippen LogP contribution < -0.4 is 16.0 Å². The lowest BCUT2D eigenvalue weighted by atomic mass is 9.98. The van der Waals surface area contributed by atoms with E-state index in [-0.39, 0.29) is 18.0 Å². The molecule has 4 rings (SSSR count). The highest BCUT2D eigenvalue weighted by Crippen LogP contribution is 2.35. The summed E-state index contributed by atoms with van der Waals surface area (Å²) in [5.74, 6) is -0.126. The molecule has 1 aliphatic heterocycles. The number of urea groups is 2. The summed E-state index contributed by atoms with van der Waals surface area (Å²) in [5, 5.41) is 9.15. The first kappa shape index (κ1) is 22.1. The van der Waals surface area contributed by atoms with E-state index in [9.17, 15) is 14.4 Å². The molecule has 2 fully saturated rings. The quantitative estimate of drug-likeness (QED) is 0.336. The van der Waals surface area contributed by atoms with Crippen LogP contribution >= 0.6 is 11.8 Å². The lowest BCUT2D eigenvalue weighted by Gasteiger charge is -2.20. The normalized spacial score (nSPS) is 17.0. The van der Waals surface area contributed by atoms with Crippen molar-refractivity contribution >= 4 is 35.4 Å². The Labute approximate surface area is 190 Å². The summed E-state index contributed by atoms with van der Waals surface area (Å²) in [6, 6.07) is 6.83. The second kappa shape index (κ2) is 9.56. The number of imide groups is 1. The number of aryl methyl sites for hydroxylation is 1. The third-order valence-corrected chi connectivity index (χ3v) is 6.63. The van der Waals surface area contributed by atoms with Crippen LogP contribution in [0.3, 0.4) is 0 Å². The lowest BCUT2D eigenvalue weighted by molar-refractivity contribution is -0.131. The second-order valence-corrected chi connectivity index (χ2v) is 9.06. The Balaban J connectivity index is 1.22. The van der Waals surface area contributed by atoms with Crippen LogP contribution in [0.4, 0.5) is 15.3 Å². The average molecular weight is 455 g/mol. The van der Waals surface area contributed by atoms with E-state index in [1.807, 2.05) is 25.1 Å². The Morgan fingerprint density at radius 1 is 1.22 bits per heavy atom. The van der Waals surface area contributed by atoms with Gasteiger partial charge in [0.05, 0.1) is 0 Å². The first-order chi connectivity index (χ1) is 15.5. The second-order valence-electron chi connectivity index (χ2n) is 8.02. The van der Waals surface area contributed by atoms with Crippen molar-refractivity contribution in [2.75, 3.05) is 18.4 Å². The summed E-state index contributed by atoms with van der Waals surface area (Å²) in [6.45, 7) is 2.56. The summed E-state index contributed by atoms with van der Waals surface area (Å²) in [7, 11) is 0. The van der Waals surface area contributed by atoms with E-state index in [4.69, 9.17) is 0 Å². The van der Waals surface area contributed by atoms with Crippen molar-refractivity contribution < 1.29 is 14.4 Å². The largest absolute Gasteiger partial charge is 0.338 e. The molecule has 1 aromatic heterocycles. The van der Waals surface area contributed by atoms with E-state index >= 15 is 0 Å². The van der Waals surface area contributed by atoms with Crippen LogP contribution in [-0.4, -0.2) is 51.5 Å². The molecule has 0 unspecified atom stereocenters. The number of hydrogen-bond acceptors (Lipinski definition) is 6. The van der Waals surface area contributed by atoms with Gasteiger partial charge in [-0.2, -0.15) is 0 Å². The van der Waals surface area contributed by atoms with Crippen LogP contribution in [-0.2, 0) is 4.79 Å². The molecule has 0 bridgehead atoms. The topological polar surface area (TPSA) is 116 Å². The van der Waals surface area contributed by atoms with E-state index in [0.717, 1.165) is 23.3 Å². The molecular weight excluding hydrogens is 428 g/mol. The molecule has 2 heterocycles. The fourth-order valence-corrected chi connectivity index (χ4v) is 4.90. The number of amides is 5. The highest BCUT2D eigenvalue weighted by atomic mass is 32.2. The van der Waals surface area contributed by atoms with Crippen molar-refractivity contribution in [3.63, 3.8) is 0 Å². The van der Waals surface area contributed by atoms with Crippen LogP contribution in [0, 0.1) is 6.92 Å². The number of carbonyl (C=O) groups is 3. The molecule has 168 valence electrons. The molecule has 1 spiro atoms. The van der Waals surface area contributed by atoms with E-state index in [2.05, 4.69) is 25.9 Å². The Bertz CT molecular complexity index is 1010. The predicted octanol–water partition coefficient (Wildman–Crippen LogP) is 3.31. The highest BCUT2D eigenvalue weighted by Gasteiger charge is 2.51. The van der Waals surface area contributed by atoms with Gasteiger partial charge in [-0.25, -0.2) is 19.6 Å². The number of anilines is 1. The Morgan fingerprint density at radius 2 is 1.97 bits per heavy atom. The van der Waals surface area contributed by atoms with Gasteiger partial charge in [0.2, 0.25) is 0 Å². The van der Waals surface area contributed by atoms with E-state index < -0.39 is 5.54 Å². The van der Waals surface area contributed by atoms with Gasteiger partial charge >= 0.3 is 12.1 Å². The molecule has 1 aliphatic carbocycles. The zero-order valence-corrected chi connectivity index (χ0v) is 18.7. The van der Waals surface area contributed by atoms with Gasteiger partial charge in [-0.3, -0.25) is 9.69 Å². The molecule has 1 saturated heterocycles. The summed E-state index contributed by atoms with van der Waals surface area (Å²) in [4.78, 5) is 47.7. The van der Waals surface area contributed by atoms with Gasteiger partial charge in [-0.15, -0.1) is 0 Å². The van der Waals surface area contributed by atoms with E-state index in [0.29, 0.717) is 43.2 Å². The first-order valence-corrected chi connectivity index (χ1v) is 11.5. The molecule has 3 N–H and O–H groups in total. The maximum Gasteiger partial charge on any atom is 0.325 e. The summed E-state index contributed by atoms with van der Waals surface area (Å²) in [6.07, 6.45) is 7.23. The number of benzene rings is 1. The van der Waals surface area contributed by atoms with Crippen LogP contribution in [0.15, 0.2) is 46.7 Å². The van der Waals surface area contributed by atoms with Crippen LogP contribution in [0.25, 0.3) is 0 Å². The van der Waals surface area contributed by atoms with Gasteiger partial charge in [0, 0.05) is 36.1 Å². The average Bonchev–Trinajstić information content (AvgIpc) is 3.33. The molecular formula is C22H26N6O3S. The molecule has 32 heavy (non-hydrogen) atoms. The van der Waals surface area contributed by atoms with Gasteiger partial charge in [-0.05, 0) is 67.8 Å². The van der Waals surface area contributed by atoms with Crippen molar-refractivity contribution in [3.8, 4) is 0 Å². The molecule has 1 aromatic carbocycles. The highest BCUT2D eigenvalue weighted by molar-refractivity contribution is 7.99. The van der Waals surface area contributed by atoms with Crippen LogP contribution in [0.5, 0.6) is 0 Å². The minimum atomic E-state index is -0.684. The summed E-state index contributed by atoms with van der Waals surface area (Å²) in [5.41, 5.74) is 0.941. The molecule has 1 saturated carbocycles. The number of nitrogens with one attached hydrogen (secondary N) is 3. The molecule has 2 aromatic rings. The number of nitrogens with zero attached hydrogens (tertiary/aromatic N) is 3. The van der Waals surface area contributed by atoms with Crippen molar-refractivity contribution in [1.29, 1.82) is 0 Å². The predicted molar refractivity (Wildman–Crippen MR) is 120 cm³/mol. The minimum Gasteiger partial charge on any atom is -0.338 e. The van der Waals surface area contributed by atoms with E-state index in [1.165, 1.54) is 16.7 Å². The molecule has 0 radical (unpaired) electrons. The molecule has 9 nitrogen and oxygen atoms in total. The molecule has 10 heteroatoms. The van der Waals surface area contributed by atoms with Crippen molar-refractivity contribution in [2.24, 2.45) is 0 Å². The smallest absolute Gasteiger partial charge is 0.325 e. The van der Waals surface area contributed by atoms with Gasteiger partial charge in [0.25, 0.3) is 5.91 Å². The van der Waals surface area contributed by atoms with Crippen LogP contribution in [0.1, 0.15) is 37.7 Å². The van der Waals surface area contributed by atoms with Crippen LogP contribution in [0.2, 0.25) is 0 Å². The number of hydrogen-bond donors (Lipinski definition) is 3. The zero-order chi connectivity index (χ0) is 22.6. The van der Waals surface area contributed by atoms with Gasteiger partial charge < -0.3 is 16.0 Å². The van der Waals surface area contributed by atoms with Crippen molar-refractivity contribution in [1.82, 2.24) is 25.5 Å². The maximum atomic E-state index is 12.6. The zero-order valence-electron chi connectivity index (χ0n) is 17.9. The fraction of sp³-hybridized carbons (Fsp3) is 0.409. The fourth-order valence-electron chi connectivity index (χ4n) is 4.09. The molecule has 0 atom stereocenters. The number of carbonyl (C=O) groups excluding carboxylic acids is 3. The van der Waals surface area contributed by atoms with E-state index in [1.54, 1.807) is 18.5 Å². The molecule has 5 amide bonds. The Kier molecular flexibility index (Phi) is 6.59. The third kappa shape index (κ3) is 4.85. The number of rotatable bonds is 7. The summed E-state index contributed by atoms with van der Waals surface area (Å²) >= 11 is 1.45. The third-order valence-electron chi connectivity index (χ3n) is 5.74. The van der Waals surface area contributed by atoms with Gasteiger partial charge in [0.15, 0.2) is 5.16 Å². The Morgan fingerprint density at radius 3 is 2.69 bits per heavy atom. The SMILES string of the molecule is Cc1cc(Sc2ncccn2)ccc1NC(=O)NCCCN1C(=O)NC2(CCCC2)C1=O. The number of aromatic nitrogens is 2. The monoisotopic (exact) mass is 454 g/mol. The minimum absolute atomic E-state index is 0.126. The summed E-state index contributed by atoms with van der Waals surface area (Å²) < 4.78 is 0. The Hall–Kier alpha value is -3.14. The van der Waals surface area contributed by atoms with Gasteiger partial charge in [-0.1, -0.05) is 12.8 Å². The first-order valence-electron chi connectivity index (χ1n) is 10.7. The van der Waals surface area contributed by atoms with Crippen molar-refractivity contribution in [3.05, 3.63) is 42.2 Å². The van der Waals surface area contributed by atoms with Crippen molar-refractivity contribution in [2.45, 2.75) is 54.6 Å². The van der Waals surface area contributed by atoms with Gasteiger partial charge in [0.1, 0.15) is 5.54 Å². The lowest BCUT2D eigenvalue weighted by Crippen LogP contribution is -2.44. The molecule has 2 aliphatic rings. The standard InChI is InChI=1S/C22H26N6O3S/c1-15-14-16(32-20-24-10-4-11-25-20)6-7-17(15)26-19(30)23-12-5-13-28-18(29)22(27-21(28)31)8-2-3-9-22/h4,6-7,10-11,14H,2-3,5,8-9,12-13H2,1H3,(H,27,31)(H2,23,26,30). The maximum absolute atomic E-state index is 12.6.